The van der Waals surface area contributed by atoms with Crippen LogP contribution in [0.25, 0.3) is 0 Å². The van der Waals surface area contributed by atoms with Gasteiger partial charge in [-0.1, -0.05) is 41.9 Å². The minimum absolute atomic E-state index is 0.228. The number of carboxylic acid groups (broad SMARTS) is 1. The van der Waals surface area contributed by atoms with E-state index in [0.717, 1.165) is 0 Å². The highest BCUT2D eigenvalue weighted by atomic mass is 35.5. The Balaban J connectivity index is 2.62. The first-order valence-electron chi connectivity index (χ1n) is 5.29. The Kier molecular flexibility index (Phi) is 6.07. The molecule has 1 rings (SSSR count). The number of carbonyl (C=O) groups is 1. The lowest BCUT2D eigenvalue weighted by Crippen LogP contribution is -2.33. The molecule has 0 aromatic heterocycles. The van der Waals surface area contributed by atoms with E-state index in [0.29, 0.717) is 18.8 Å². The van der Waals surface area contributed by atoms with E-state index in [1.807, 2.05) is 0 Å². The quantitative estimate of drug-likeness (QED) is 0.445. The van der Waals surface area contributed by atoms with Crippen molar-refractivity contribution in [2.24, 2.45) is 0 Å². The largest absolute Gasteiger partial charge is 0.478 e. The highest BCUT2D eigenvalue weighted by Gasteiger charge is 2.39. The van der Waals surface area contributed by atoms with Gasteiger partial charge in [0.15, 0.2) is 0 Å². The van der Waals surface area contributed by atoms with Crippen LogP contribution < -0.4 is 0 Å². The summed E-state index contributed by atoms with van der Waals surface area (Å²) in [5.74, 6) is -1.29. The van der Waals surface area contributed by atoms with E-state index in [1.165, 1.54) is 7.11 Å². The minimum atomic E-state index is -1.94. The van der Waals surface area contributed by atoms with Gasteiger partial charge in [0.1, 0.15) is 6.79 Å². The maximum atomic E-state index is 11.2. The van der Waals surface area contributed by atoms with Crippen molar-refractivity contribution in [1.82, 2.24) is 0 Å². The standard InChI is InChI=1S/C12H15ClO5/c1-16-7-8-17-9-18-12(13,11(14)15)10-5-3-2-4-6-10/h2-6H,7-9H2,1H3,(H,14,15). The minimum Gasteiger partial charge on any atom is -0.478 e. The molecule has 1 atom stereocenters. The molecule has 1 aromatic rings. The van der Waals surface area contributed by atoms with Crippen molar-refractivity contribution in [3.05, 3.63) is 35.9 Å². The van der Waals surface area contributed by atoms with Crippen molar-refractivity contribution in [2.45, 2.75) is 5.06 Å². The van der Waals surface area contributed by atoms with Gasteiger partial charge in [0, 0.05) is 12.7 Å². The zero-order valence-corrected chi connectivity index (χ0v) is 10.7. The molecule has 18 heavy (non-hydrogen) atoms. The lowest BCUT2D eigenvalue weighted by atomic mass is 10.1. The molecule has 0 heterocycles. The normalized spacial score (nSPS) is 14.1. The molecule has 0 amide bonds. The number of methoxy groups -OCH3 is 1. The number of alkyl halides is 1. The van der Waals surface area contributed by atoms with Gasteiger partial charge in [-0.3, -0.25) is 0 Å². The number of benzene rings is 1. The molecule has 0 bridgehead atoms. The molecule has 6 heteroatoms. The Morgan fingerprint density at radius 1 is 1.33 bits per heavy atom. The Labute approximate surface area is 110 Å². The zero-order chi connectivity index (χ0) is 13.4. The lowest BCUT2D eigenvalue weighted by molar-refractivity contribution is -0.171. The van der Waals surface area contributed by atoms with Gasteiger partial charge in [0.25, 0.3) is 5.06 Å². The van der Waals surface area contributed by atoms with Gasteiger partial charge >= 0.3 is 5.97 Å². The SMILES string of the molecule is COCCOCOC(Cl)(C(=O)O)c1ccccc1. The van der Waals surface area contributed by atoms with Gasteiger partial charge in [0.2, 0.25) is 0 Å². The molecule has 0 aliphatic carbocycles. The number of hydrogen-bond donors (Lipinski definition) is 1. The van der Waals surface area contributed by atoms with Gasteiger partial charge in [-0.15, -0.1) is 0 Å². The molecule has 5 nitrogen and oxygen atoms in total. The highest BCUT2D eigenvalue weighted by Crippen LogP contribution is 2.30. The summed E-state index contributed by atoms with van der Waals surface area (Å²) >= 11 is 5.98. The lowest BCUT2D eigenvalue weighted by Gasteiger charge is -2.23. The number of carboxylic acids is 1. The van der Waals surface area contributed by atoms with E-state index in [-0.39, 0.29) is 6.79 Å². The predicted molar refractivity (Wildman–Crippen MR) is 65.4 cm³/mol. The first-order chi connectivity index (χ1) is 8.61. The summed E-state index contributed by atoms with van der Waals surface area (Å²) in [6.45, 7) is 0.475. The molecule has 0 fully saturated rings. The summed E-state index contributed by atoms with van der Waals surface area (Å²) < 4.78 is 14.9. The van der Waals surface area contributed by atoms with Crippen LogP contribution in [0.1, 0.15) is 5.56 Å². The van der Waals surface area contributed by atoms with E-state index in [4.69, 9.17) is 30.9 Å². The number of hydrogen-bond acceptors (Lipinski definition) is 4. The third-order valence-corrected chi connectivity index (χ3v) is 2.68. The molecule has 0 saturated heterocycles. The fraction of sp³-hybridized carbons (Fsp3) is 0.417. The average Bonchev–Trinajstić information content (AvgIpc) is 2.39. The van der Waals surface area contributed by atoms with Gasteiger partial charge < -0.3 is 19.3 Å². The number of rotatable bonds is 8. The van der Waals surface area contributed by atoms with Crippen LogP contribution >= 0.6 is 11.6 Å². The summed E-state index contributed by atoms with van der Waals surface area (Å²) in [5, 5.41) is 7.22. The number of aliphatic carboxylic acids is 1. The van der Waals surface area contributed by atoms with Crippen LogP contribution in [-0.2, 0) is 24.1 Å². The number of ether oxygens (including phenoxy) is 3. The van der Waals surface area contributed by atoms with Crippen LogP contribution in [0, 0.1) is 0 Å². The van der Waals surface area contributed by atoms with E-state index < -0.39 is 11.0 Å². The molecule has 0 radical (unpaired) electrons. The second kappa shape index (κ2) is 7.33. The Hall–Kier alpha value is -1.14. The van der Waals surface area contributed by atoms with Crippen molar-refractivity contribution < 1.29 is 24.1 Å². The molecule has 0 spiro atoms. The topological polar surface area (TPSA) is 65.0 Å². The Bertz CT molecular complexity index is 370. The molecule has 1 N–H and O–H groups in total. The van der Waals surface area contributed by atoms with Gasteiger partial charge in [-0.2, -0.15) is 0 Å². The molecule has 0 saturated carbocycles. The fourth-order valence-corrected chi connectivity index (χ4v) is 1.42. The van der Waals surface area contributed by atoms with Crippen LogP contribution in [0.2, 0.25) is 0 Å². The summed E-state index contributed by atoms with van der Waals surface area (Å²) in [4.78, 5) is 11.2. The summed E-state index contributed by atoms with van der Waals surface area (Å²) in [7, 11) is 1.54. The van der Waals surface area contributed by atoms with Crippen molar-refractivity contribution in [3.8, 4) is 0 Å². The van der Waals surface area contributed by atoms with E-state index in [9.17, 15) is 4.79 Å². The van der Waals surface area contributed by atoms with E-state index in [2.05, 4.69) is 0 Å². The zero-order valence-electron chi connectivity index (χ0n) is 9.97. The maximum absolute atomic E-state index is 11.2. The van der Waals surface area contributed by atoms with Gasteiger partial charge in [0.05, 0.1) is 13.2 Å². The summed E-state index contributed by atoms with van der Waals surface area (Å²) in [6.07, 6.45) is 0. The third-order valence-electron chi connectivity index (χ3n) is 2.19. The molecular formula is C12H15ClO5. The Morgan fingerprint density at radius 3 is 2.56 bits per heavy atom. The monoisotopic (exact) mass is 274 g/mol. The Morgan fingerprint density at radius 2 is 2.00 bits per heavy atom. The van der Waals surface area contributed by atoms with Crippen LogP contribution in [0.15, 0.2) is 30.3 Å². The first-order valence-corrected chi connectivity index (χ1v) is 5.67. The van der Waals surface area contributed by atoms with Crippen LogP contribution in [0.3, 0.4) is 0 Å². The highest BCUT2D eigenvalue weighted by molar-refractivity contribution is 6.32. The molecule has 0 aliphatic rings. The molecular weight excluding hydrogens is 260 g/mol. The molecule has 1 aromatic carbocycles. The third kappa shape index (κ3) is 3.96. The van der Waals surface area contributed by atoms with E-state index >= 15 is 0 Å². The van der Waals surface area contributed by atoms with Crippen molar-refractivity contribution in [3.63, 3.8) is 0 Å². The second-order valence-electron chi connectivity index (χ2n) is 3.43. The van der Waals surface area contributed by atoms with E-state index in [1.54, 1.807) is 30.3 Å². The number of halogens is 1. The first kappa shape index (κ1) is 14.9. The smallest absolute Gasteiger partial charge is 0.356 e. The summed E-state index contributed by atoms with van der Waals surface area (Å²) in [5.41, 5.74) is 0.342. The molecule has 1 unspecified atom stereocenters. The maximum Gasteiger partial charge on any atom is 0.356 e. The second-order valence-corrected chi connectivity index (χ2v) is 3.96. The van der Waals surface area contributed by atoms with Crippen LogP contribution in [0.4, 0.5) is 0 Å². The van der Waals surface area contributed by atoms with Crippen LogP contribution in [-0.4, -0.2) is 38.2 Å². The van der Waals surface area contributed by atoms with Gasteiger partial charge in [-0.05, 0) is 0 Å². The molecule has 100 valence electrons. The van der Waals surface area contributed by atoms with Crippen molar-refractivity contribution >= 4 is 17.6 Å². The summed E-state index contributed by atoms with van der Waals surface area (Å²) in [6, 6.07) is 8.29. The van der Waals surface area contributed by atoms with Gasteiger partial charge in [-0.25, -0.2) is 4.79 Å². The van der Waals surface area contributed by atoms with Crippen LogP contribution in [0.5, 0.6) is 0 Å². The molecule has 0 aliphatic heterocycles. The fourth-order valence-electron chi connectivity index (χ4n) is 1.25. The van der Waals surface area contributed by atoms with Crippen molar-refractivity contribution in [1.29, 1.82) is 0 Å². The van der Waals surface area contributed by atoms with Crippen molar-refractivity contribution in [2.75, 3.05) is 27.1 Å². The average molecular weight is 275 g/mol. The predicted octanol–water partition coefficient (Wildman–Crippen LogP) is 1.80.